The highest BCUT2D eigenvalue weighted by molar-refractivity contribution is 7.89. The van der Waals surface area contributed by atoms with Gasteiger partial charge in [-0.25, -0.2) is 13.2 Å². The third-order valence-corrected chi connectivity index (χ3v) is 7.11. The average molecular weight is 442 g/mol. The second-order valence-corrected chi connectivity index (χ2v) is 9.21. The zero-order valence-corrected chi connectivity index (χ0v) is 17.8. The molecule has 0 atom stereocenters. The van der Waals surface area contributed by atoms with Crippen LogP contribution in [0.2, 0.25) is 0 Å². The number of rotatable bonds is 5. The topological polar surface area (TPSA) is 102 Å². The number of aryl methyl sites for hydroxylation is 1. The minimum absolute atomic E-state index is 0.178. The Bertz CT molecular complexity index is 1230. The molecular formula is C21H22N4O5S. The smallest absolute Gasteiger partial charge is 0.341 e. The molecule has 9 nitrogen and oxygen atoms in total. The molecule has 3 aromatic rings. The predicted molar refractivity (Wildman–Crippen MR) is 113 cm³/mol. The molecule has 1 saturated heterocycles. The summed E-state index contributed by atoms with van der Waals surface area (Å²) >= 11 is 0. The molecule has 1 aromatic heterocycles. The van der Waals surface area contributed by atoms with Gasteiger partial charge in [-0.1, -0.05) is 30.3 Å². The highest BCUT2D eigenvalue weighted by atomic mass is 32.2. The Hall–Kier alpha value is -3.24. The number of esters is 1. The Morgan fingerprint density at radius 2 is 1.74 bits per heavy atom. The summed E-state index contributed by atoms with van der Waals surface area (Å²) in [5, 5.41) is 5.71. The number of hydrogen-bond donors (Lipinski definition) is 0. The van der Waals surface area contributed by atoms with Gasteiger partial charge in [0, 0.05) is 39.4 Å². The van der Waals surface area contributed by atoms with Crippen LogP contribution in [0.1, 0.15) is 10.4 Å². The summed E-state index contributed by atoms with van der Waals surface area (Å²) in [6, 6.07) is 12.6. The number of sulfonamides is 1. The van der Waals surface area contributed by atoms with Crippen LogP contribution in [0.5, 0.6) is 0 Å². The van der Waals surface area contributed by atoms with Gasteiger partial charge in [-0.15, -0.1) is 0 Å². The molecule has 0 aliphatic carbocycles. The normalized spacial score (nSPS) is 15.2. The van der Waals surface area contributed by atoms with Gasteiger partial charge in [-0.3, -0.25) is 9.48 Å². The second kappa shape index (κ2) is 8.48. The lowest BCUT2D eigenvalue weighted by Crippen LogP contribution is -2.51. The van der Waals surface area contributed by atoms with Gasteiger partial charge in [-0.05, 0) is 22.9 Å². The first-order chi connectivity index (χ1) is 14.8. The van der Waals surface area contributed by atoms with E-state index in [4.69, 9.17) is 4.74 Å². The number of nitrogens with zero attached hydrogens (tertiary/aromatic N) is 4. The fourth-order valence-corrected chi connectivity index (χ4v) is 4.94. The van der Waals surface area contributed by atoms with Gasteiger partial charge in [0.25, 0.3) is 5.91 Å². The van der Waals surface area contributed by atoms with Crippen molar-refractivity contribution in [2.75, 3.05) is 32.8 Å². The highest BCUT2D eigenvalue weighted by Gasteiger charge is 2.30. The molecule has 31 heavy (non-hydrogen) atoms. The molecule has 1 aliphatic heterocycles. The summed E-state index contributed by atoms with van der Waals surface area (Å²) in [4.78, 5) is 26.1. The molecule has 0 saturated carbocycles. The Labute approximate surface area is 179 Å². The standard InChI is InChI=1S/C21H22N4O5S/c1-23-14-18(13-22-23)21(27)30-15-20(26)24-8-10-25(11-9-24)31(28,29)19-7-6-16-4-2-3-5-17(16)12-19/h2-7,12-14H,8-11,15H2,1H3. The van der Waals surface area contributed by atoms with Gasteiger partial charge in [0.15, 0.2) is 6.61 Å². The molecule has 4 rings (SSSR count). The number of carbonyl (C=O) groups excluding carboxylic acids is 2. The fraction of sp³-hybridized carbons (Fsp3) is 0.286. The van der Waals surface area contributed by atoms with Crippen LogP contribution in [0.3, 0.4) is 0 Å². The van der Waals surface area contributed by atoms with Crippen molar-refractivity contribution < 1.29 is 22.7 Å². The van der Waals surface area contributed by atoms with Crippen molar-refractivity contribution in [3.8, 4) is 0 Å². The molecule has 1 fully saturated rings. The number of hydrogen-bond acceptors (Lipinski definition) is 6. The van der Waals surface area contributed by atoms with Crippen LogP contribution in [0, 0.1) is 0 Å². The van der Waals surface area contributed by atoms with Crippen molar-refractivity contribution in [3.63, 3.8) is 0 Å². The van der Waals surface area contributed by atoms with Gasteiger partial charge in [0.05, 0.1) is 16.7 Å². The first-order valence-corrected chi connectivity index (χ1v) is 11.2. The molecule has 2 heterocycles. The molecule has 0 radical (unpaired) electrons. The molecule has 1 aliphatic rings. The van der Waals surface area contributed by atoms with Crippen LogP contribution in [0.25, 0.3) is 10.8 Å². The highest BCUT2D eigenvalue weighted by Crippen LogP contribution is 2.22. The number of piperazine rings is 1. The Balaban J connectivity index is 1.34. The lowest BCUT2D eigenvalue weighted by molar-refractivity contribution is -0.135. The van der Waals surface area contributed by atoms with Crippen molar-refractivity contribution in [3.05, 3.63) is 60.4 Å². The number of fused-ring (bicyclic) bond motifs is 1. The zero-order valence-electron chi connectivity index (χ0n) is 17.0. The van der Waals surface area contributed by atoms with E-state index in [9.17, 15) is 18.0 Å². The zero-order chi connectivity index (χ0) is 22.0. The van der Waals surface area contributed by atoms with E-state index in [0.717, 1.165) is 10.8 Å². The lowest BCUT2D eigenvalue weighted by atomic mass is 10.1. The molecule has 0 unspecified atom stereocenters. The monoisotopic (exact) mass is 442 g/mol. The van der Waals surface area contributed by atoms with Gasteiger partial charge in [-0.2, -0.15) is 9.40 Å². The number of carbonyl (C=O) groups is 2. The summed E-state index contributed by atoms with van der Waals surface area (Å²) in [6.07, 6.45) is 2.87. The maximum Gasteiger partial charge on any atom is 0.341 e. The van der Waals surface area contributed by atoms with Crippen molar-refractivity contribution in [1.82, 2.24) is 19.0 Å². The van der Waals surface area contributed by atoms with Crippen LogP contribution in [-0.4, -0.2) is 72.1 Å². The number of benzene rings is 2. The summed E-state index contributed by atoms with van der Waals surface area (Å²) in [7, 11) is -1.99. The van der Waals surface area contributed by atoms with E-state index in [1.54, 1.807) is 25.2 Å². The maximum absolute atomic E-state index is 13.0. The molecule has 10 heteroatoms. The van der Waals surface area contributed by atoms with E-state index < -0.39 is 22.6 Å². The minimum atomic E-state index is -3.66. The quantitative estimate of drug-likeness (QED) is 0.552. The van der Waals surface area contributed by atoms with E-state index in [-0.39, 0.29) is 42.5 Å². The Kier molecular flexibility index (Phi) is 5.75. The molecular weight excluding hydrogens is 420 g/mol. The van der Waals surface area contributed by atoms with Gasteiger partial charge in [0.1, 0.15) is 0 Å². The number of ether oxygens (including phenoxy) is 1. The van der Waals surface area contributed by atoms with Crippen molar-refractivity contribution >= 4 is 32.7 Å². The van der Waals surface area contributed by atoms with Crippen molar-refractivity contribution in [2.45, 2.75) is 4.90 Å². The van der Waals surface area contributed by atoms with E-state index in [2.05, 4.69) is 5.10 Å². The summed E-state index contributed by atoms with van der Waals surface area (Å²) in [5.41, 5.74) is 0.265. The fourth-order valence-electron chi connectivity index (χ4n) is 3.48. The number of amides is 1. The molecule has 1 amide bonds. The van der Waals surface area contributed by atoms with E-state index >= 15 is 0 Å². The molecule has 0 spiro atoms. The third-order valence-electron chi connectivity index (χ3n) is 5.22. The van der Waals surface area contributed by atoms with Crippen LogP contribution in [-0.2, 0) is 26.6 Å². The van der Waals surface area contributed by atoms with Gasteiger partial charge >= 0.3 is 5.97 Å². The third kappa shape index (κ3) is 4.44. The van der Waals surface area contributed by atoms with Crippen LogP contribution in [0.15, 0.2) is 59.8 Å². The summed E-state index contributed by atoms with van der Waals surface area (Å²) < 4.78 is 33.9. The lowest BCUT2D eigenvalue weighted by Gasteiger charge is -2.33. The first-order valence-electron chi connectivity index (χ1n) is 9.77. The summed E-state index contributed by atoms with van der Waals surface area (Å²) in [5.74, 6) is -0.987. The molecule has 0 bridgehead atoms. The number of aromatic nitrogens is 2. The Morgan fingerprint density at radius 1 is 1.03 bits per heavy atom. The van der Waals surface area contributed by atoms with Crippen LogP contribution in [0.4, 0.5) is 0 Å². The van der Waals surface area contributed by atoms with E-state index in [0.29, 0.717) is 0 Å². The van der Waals surface area contributed by atoms with Crippen LogP contribution < -0.4 is 0 Å². The van der Waals surface area contributed by atoms with Crippen LogP contribution >= 0.6 is 0 Å². The molecule has 162 valence electrons. The predicted octanol–water partition coefficient (Wildman–Crippen LogP) is 1.26. The molecule has 2 aromatic carbocycles. The average Bonchev–Trinajstić information content (AvgIpc) is 3.23. The maximum atomic E-state index is 13.0. The summed E-state index contributed by atoms with van der Waals surface area (Å²) in [6.45, 7) is 0.423. The van der Waals surface area contributed by atoms with Crippen molar-refractivity contribution in [1.29, 1.82) is 0 Å². The van der Waals surface area contributed by atoms with E-state index in [1.165, 1.54) is 26.3 Å². The second-order valence-electron chi connectivity index (χ2n) is 7.27. The molecule has 0 N–H and O–H groups in total. The van der Waals surface area contributed by atoms with E-state index in [1.807, 2.05) is 24.3 Å². The Morgan fingerprint density at radius 3 is 2.42 bits per heavy atom. The largest absolute Gasteiger partial charge is 0.452 e. The van der Waals surface area contributed by atoms with Gasteiger partial charge in [0.2, 0.25) is 10.0 Å². The SMILES string of the molecule is Cn1cc(C(=O)OCC(=O)N2CCN(S(=O)(=O)c3ccc4ccccc4c3)CC2)cn1. The first kappa shape index (κ1) is 21.0. The minimum Gasteiger partial charge on any atom is -0.452 e. The van der Waals surface area contributed by atoms with Gasteiger partial charge < -0.3 is 9.64 Å². The van der Waals surface area contributed by atoms with Crippen molar-refractivity contribution in [2.24, 2.45) is 7.05 Å².